The van der Waals surface area contributed by atoms with Gasteiger partial charge in [0.1, 0.15) is 6.07 Å². The Morgan fingerprint density at radius 1 is 1.40 bits per heavy atom. The maximum absolute atomic E-state index is 8.76. The summed E-state index contributed by atoms with van der Waals surface area (Å²) in [6, 6.07) is 2.00. The minimum atomic E-state index is 0.349. The van der Waals surface area contributed by atoms with Crippen LogP contribution in [-0.4, -0.2) is 42.1 Å². The van der Waals surface area contributed by atoms with E-state index in [9.17, 15) is 0 Å². The van der Waals surface area contributed by atoms with Gasteiger partial charge >= 0.3 is 0 Å². The summed E-state index contributed by atoms with van der Waals surface area (Å²) in [7, 11) is 4.06. The smallest absolute Gasteiger partial charge is 0.182 e. The van der Waals surface area contributed by atoms with E-state index < -0.39 is 0 Å². The highest BCUT2D eigenvalue weighted by atomic mass is 15.1. The first kappa shape index (κ1) is 11.4. The van der Waals surface area contributed by atoms with Crippen LogP contribution in [0.25, 0.3) is 0 Å². The van der Waals surface area contributed by atoms with Crippen molar-refractivity contribution in [2.45, 2.75) is 6.42 Å². The van der Waals surface area contributed by atoms with Gasteiger partial charge in [-0.05, 0) is 27.1 Å². The SMILES string of the molecule is CN(C)CCCNc1nccnc1C#N. The molecule has 1 aromatic heterocycles. The van der Waals surface area contributed by atoms with Crippen LogP contribution < -0.4 is 5.32 Å². The van der Waals surface area contributed by atoms with Gasteiger partial charge in [0.25, 0.3) is 0 Å². The molecular formula is C10H15N5. The maximum atomic E-state index is 8.76. The molecule has 0 aliphatic carbocycles. The lowest BCUT2D eigenvalue weighted by Crippen LogP contribution is -2.17. The van der Waals surface area contributed by atoms with E-state index in [0.717, 1.165) is 19.5 Å². The minimum absolute atomic E-state index is 0.349. The molecule has 0 fully saturated rings. The molecule has 0 radical (unpaired) electrons. The highest BCUT2D eigenvalue weighted by molar-refractivity contribution is 5.46. The molecule has 0 unspecified atom stereocenters. The summed E-state index contributed by atoms with van der Waals surface area (Å²) in [6.07, 6.45) is 4.10. The Bertz CT molecular complexity index is 342. The van der Waals surface area contributed by atoms with E-state index in [1.54, 1.807) is 6.20 Å². The second-order valence-electron chi connectivity index (χ2n) is 3.45. The molecule has 80 valence electrons. The zero-order valence-electron chi connectivity index (χ0n) is 9.06. The fourth-order valence-electron chi connectivity index (χ4n) is 1.15. The predicted molar refractivity (Wildman–Crippen MR) is 58.4 cm³/mol. The van der Waals surface area contributed by atoms with Gasteiger partial charge in [-0.2, -0.15) is 5.26 Å². The molecule has 1 N–H and O–H groups in total. The number of hydrogen-bond donors (Lipinski definition) is 1. The first-order valence-electron chi connectivity index (χ1n) is 4.83. The highest BCUT2D eigenvalue weighted by Gasteiger charge is 2.02. The molecule has 0 bridgehead atoms. The summed E-state index contributed by atoms with van der Waals surface area (Å²) in [5.74, 6) is 0.568. The van der Waals surface area contributed by atoms with Crippen molar-refractivity contribution >= 4 is 5.82 Å². The van der Waals surface area contributed by atoms with Gasteiger partial charge in [-0.15, -0.1) is 0 Å². The third-order valence-electron chi connectivity index (χ3n) is 1.88. The van der Waals surface area contributed by atoms with Crippen LogP contribution in [0.3, 0.4) is 0 Å². The van der Waals surface area contributed by atoms with Gasteiger partial charge in [0, 0.05) is 18.9 Å². The zero-order valence-corrected chi connectivity index (χ0v) is 9.06. The molecule has 5 nitrogen and oxygen atoms in total. The lowest BCUT2D eigenvalue weighted by Gasteiger charge is -2.10. The summed E-state index contributed by atoms with van der Waals surface area (Å²) in [6.45, 7) is 1.81. The van der Waals surface area contributed by atoms with Gasteiger partial charge in [0.05, 0.1) is 0 Å². The van der Waals surface area contributed by atoms with E-state index in [0.29, 0.717) is 11.5 Å². The number of rotatable bonds is 5. The van der Waals surface area contributed by atoms with E-state index in [2.05, 4.69) is 20.2 Å². The topological polar surface area (TPSA) is 64.8 Å². The predicted octanol–water partition coefficient (Wildman–Crippen LogP) is 0.712. The van der Waals surface area contributed by atoms with Crippen LogP contribution in [0, 0.1) is 11.3 Å². The monoisotopic (exact) mass is 205 g/mol. The number of anilines is 1. The highest BCUT2D eigenvalue weighted by Crippen LogP contribution is 2.05. The molecule has 0 aliphatic rings. The second-order valence-corrected chi connectivity index (χ2v) is 3.45. The van der Waals surface area contributed by atoms with Crippen LogP contribution in [-0.2, 0) is 0 Å². The van der Waals surface area contributed by atoms with E-state index in [1.807, 2.05) is 20.2 Å². The van der Waals surface area contributed by atoms with Crippen molar-refractivity contribution in [3.8, 4) is 6.07 Å². The summed E-state index contributed by atoms with van der Waals surface area (Å²) >= 11 is 0. The molecule has 0 saturated carbocycles. The lowest BCUT2D eigenvalue weighted by atomic mass is 10.3. The Labute approximate surface area is 89.8 Å². The molecule has 1 heterocycles. The molecule has 15 heavy (non-hydrogen) atoms. The normalized spacial score (nSPS) is 10.0. The summed E-state index contributed by atoms with van der Waals surface area (Å²) in [4.78, 5) is 10.1. The zero-order chi connectivity index (χ0) is 11.1. The third kappa shape index (κ3) is 3.92. The van der Waals surface area contributed by atoms with Crippen LogP contribution in [0.2, 0.25) is 0 Å². The van der Waals surface area contributed by atoms with Gasteiger partial charge in [-0.1, -0.05) is 0 Å². The summed E-state index contributed by atoms with van der Waals surface area (Å²) < 4.78 is 0. The Hall–Kier alpha value is -1.67. The molecule has 0 aromatic carbocycles. The number of aromatic nitrogens is 2. The Morgan fingerprint density at radius 3 is 2.80 bits per heavy atom. The molecule has 0 amide bonds. The average molecular weight is 205 g/mol. The average Bonchev–Trinajstić information content (AvgIpc) is 2.24. The van der Waals surface area contributed by atoms with Crippen molar-refractivity contribution < 1.29 is 0 Å². The van der Waals surface area contributed by atoms with Crippen molar-refractivity contribution in [3.63, 3.8) is 0 Å². The summed E-state index contributed by atoms with van der Waals surface area (Å²) in [5, 5.41) is 11.9. The molecule has 1 rings (SSSR count). The van der Waals surface area contributed by atoms with E-state index >= 15 is 0 Å². The Kier molecular flexibility index (Phi) is 4.51. The number of nitrogens with zero attached hydrogens (tertiary/aromatic N) is 4. The fourth-order valence-corrected chi connectivity index (χ4v) is 1.15. The standard InChI is InChI=1S/C10H15N5/c1-15(2)7-3-4-13-10-9(8-11)12-5-6-14-10/h5-6H,3-4,7H2,1-2H3,(H,13,14). The van der Waals surface area contributed by atoms with Crippen LogP contribution in [0.15, 0.2) is 12.4 Å². The quantitative estimate of drug-likeness (QED) is 0.717. The lowest BCUT2D eigenvalue weighted by molar-refractivity contribution is 0.405. The van der Waals surface area contributed by atoms with Crippen LogP contribution >= 0.6 is 0 Å². The maximum Gasteiger partial charge on any atom is 0.182 e. The van der Waals surface area contributed by atoms with Gasteiger partial charge in [0.2, 0.25) is 0 Å². The number of hydrogen-bond acceptors (Lipinski definition) is 5. The van der Waals surface area contributed by atoms with Crippen LogP contribution in [0.5, 0.6) is 0 Å². The van der Waals surface area contributed by atoms with Gasteiger partial charge in [-0.25, -0.2) is 9.97 Å². The number of nitriles is 1. The summed E-state index contributed by atoms with van der Waals surface area (Å²) in [5.41, 5.74) is 0.349. The molecule has 5 heteroatoms. The van der Waals surface area contributed by atoms with Gasteiger partial charge in [-0.3, -0.25) is 0 Å². The van der Waals surface area contributed by atoms with Crippen molar-refractivity contribution in [2.75, 3.05) is 32.5 Å². The van der Waals surface area contributed by atoms with Gasteiger partial charge < -0.3 is 10.2 Å². The van der Waals surface area contributed by atoms with Crippen molar-refractivity contribution in [3.05, 3.63) is 18.1 Å². The van der Waals surface area contributed by atoms with Gasteiger partial charge in [0.15, 0.2) is 11.5 Å². The van der Waals surface area contributed by atoms with Crippen molar-refractivity contribution in [2.24, 2.45) is 0 Å². The Morgan fingerprint density at radius 2 is 2.13 bits per heavy atom. The van der Waals surface area contributed by atoms with E-state index in [-0.39, 0.29) is 0 Å². The first-order valence-corrected chi connectivity index (χ1v) is 4.83. The van der Waals surface area contributed by atoms with Crippen LogP contribution in [0.4, 0.5) is 5.82 Å². The fraction of sp³-hybridized carbons (Fsp3) is 0.500. The minimum Gasteiger partial charge on any atom is -0.368 e. The Balaban J connectivity index is 2.41. The van der Waals surface area contributed by atoms with E-state index in [4.69, 9.17) is 5.26 Å². The molecule has 0 aliphatic heterocycles. The second kappa shape index (κ2) is 5.94. The molecule has 0 atom stereocenters. The largest absolute Gasteiger partial charge is 0.368 e. The molecule has 1 aromatic rings. The van der Waals surface area contributed by atoms with Crippen molar-refractivity contribution in [1.82, 2.24) is 14.9 Å². The number of nitrogens with one attached hydrogen (secondary N) is 1. The van der Waals surface area contributed by atoms with E-state index in [1.165, 1.54) is 6.20 Å². The molecular weight excluding hydrogens is 190 g/mol. The molecule has 0 saturated heterocycles. The third-order valence-corrected chi connectivity index (χ3v) is 1.88. The first-order chi connectivity index (χ1) is 7.24. The van der Waals surface area contributed by atoms with Crippen LogP contribution in [0.1, 0.15) is 12.1 Å². The van der Waals surface area contributed by atoms with Crippen molar-refractivity contribution in [1.29, 1.82) is 5.26 Å². The molecule has 0 spiro atoms.